The molecule has 1 saturated heterocycles. The minimum Gasteiger partial charge on any atom is -0.374 e. The number of rotatable bonds is 2. The second-order valence-electron chi connectivity index (χ2n) is 9.64. The Hall–Kier alpha value is -0.0900. The number of hydrogen-bond donors (Lipinski definition) is 0. The van der Waals surface area contributed by atoms with Crippen LogP contribution in [0.2, 0.25) is 0 Å². The number of fused-ring (bicyclic) bond motifs is 1. The average Bonchev–Trinajstić information content (AvgIpc) is 2.51. The molecule has 1 amide bonds. The van der Waals surface area contributed by atoms with Gasteiger partial charge in [0.2, 0.25) is 5.91 Å². The third kappa shape index (κ3) is 2.67. The summed E-state index contributed by atoms with van der Waals surface area (Å²) >= 11 is 4.09. The van der Waals surface area contributed by atoms with Crippen LogP contribution in [0, 0.1) is 17.3 Å². The molecule has 0 aromatic heterocycles. The van der Waals surface area contributed by atoms with Gasteiger partial charge in [-0.3, -0.25) is 4.79 Å². The quantitative estimate of drug-likeness (QED) is 0.652. The van der Waals surface area contributed by atoms with Crippen molar-refractivity contribution in [2.24, 2.45) is 17.3 Å². The summed E-state index contributed by atoms with van der Waals surface area (Å²) in [6, 6.07) is 0.367. The van der Waals surface area contributed by atoms with Crippen molar-refractivity contribution in [3.63, 3.8) is 0 Å². The van der Waals surface area contributed by atoms with Gasteiger partial charge in [-0.1, -0.05) is 28.8 Å². The molecule has 6 rings (SSSR count). The van der Waals surface area contributed by atoms with Crippen LogP contribution in [0.5, 0.6) is 0 Å². The monoisotopic (exact) mass is 395 g/mol. The molecule has 1 heterocycles. The molecule has 0 N–H and O–H groups in total. The maximum atomic E-state index is 13.3. The SMILES string of the molecule is O=C(CC12CC3CC(CC(Br)(C3)C1)C2)N1CCOC2CCCCC21. The molecule has 5 aliphatic carbocycles. The molecular weight excluding hydrogens is 366 g/mol. The van der Waals surface area contributed by atoms with Gasteiger partial charge in [0.25, 0.3) is 0 Å². The number of halogens is 1. The lowest BCUT2D eigenvalue weighted by molar-refractivity contribution is -0.155. The highest BCUT2D eigenvalue weighted by Gasteiger charge is 2.57. The van der Waals surface area contributed by atoms with Crippen LogP contribution in [0.25, 0.3) is 0 Å². The maximum absolute atomic E-state index is 13.3. The smallest absolute Gasteiger partial charge is 0.223 e. The Balaban J connectivity index is 1.33. The molecule has 6 aliphatic rings. The van der Waals surface area contributed by atoms with Crippen LogP contribution in [0.1, 0.15) is 70.6 Å². The summed E-state index contributed by atoms with van der Waals surface area (Å²) in [6.45, 7) is 1.57. The van der Waals surface area contributed by atoms with Gasteiger partial charge < -0.3 is 9.64 Å². The predicted molar refractivity (Wildman–Crippen MR) is 97.1 cm³/mol. The molecule has 24 heavy (non-hydrogen) atoms. The highest BCUT2D eigenvalue weighted by Crippen LogP contribution is 2.65. The van der Waals surface area contributed by atoms with E-state index in [4.69, 9.17) is 4.74 Å². The fraction of sp³-hybridized carbons (Fsp3) is 0.950. The standard InChI is InChI=1S/C20H30BrNO2/c21-20-10-14-7-15(11-20)9-19(8-14,13-20)12-18(23)22-5-6-24-17-4-2-1-3-16(17)22/h14-17H,1-13H2. The fourth-order valence-electron chi connectivity index (χ4n) is 7.37. The summed E-state index contributed by atoms with van der Waals surface area (Å²) in [7, 11) is 0. The molecule has 0 spiro atoms. The number of amides is 1. The average molecular weight is 396 g/mol. The molecule has 4 atom stereocenters. The van der Waals surface area contributed by atoms with E-state index in [1.807, 2.05) is 0 Å². The molecular formula is C20H30BrNO2. The van der Waals surface area contributed by atoms with Crippen molar-refractivity contribution in [1.82, 2.24) is 4.90 Å². The molecule has 4 unspecified atom stereocenters. The fourth-order valence-corrected chi connectivity index (χ4v) is 8.88. The van der Waals surface area contributed by atoms with Gasteiger partial charge in [0.15, 0.2) is 0 Å². The van der Waals surface area contributed by atoms with Gasteiger partial charge in [-0.15, -0.1) is 0 Å². The zero-order chi connectivity index (χ0) is 16.4. The first kappa shape index (κ1) is 16.1. The Morgan fingerprint density at radius 1 is 1.12 bits per heavy atom. The summed E-state index contributed by atoms with van der Waals surface area (Å²) in [6.07, 6.45) is 13.9. The molecule has 0 aromatic carbocycles. The van der Waals surface area contributed by atoms with Crippen LogP contribution in [-0.2, 0) is 9.53 Å². The number of morpholine rings is 1. The lowest BCUT2D eigenvalue weighted by Crippen LogP contribution is -2.58. The lowest BCUT2D eigenvalue weighted by atomic mass is 9.48. The molecule has 6 fully saturated rings. The molecule has 134 valence electrons. The number of hydrogen-bond acceptors (Lipinski definition) is 2. The first-order chi connectivity index (χ1) is 11.5. The molecule has 5 saturated carbocycles. The van der Waals surface area contributed by atoms with E-state index in [9.17, 15) is 4.79 Å². The topological polar surface area (TPSA) is 29.5 Å². The number of ether oxygens (including phenoxy) is 1. The Morgan fingerprint density at radius 2 is 1.88 bits per heavy atom. The Kier molecular flexibility index (Phi) is 3.83. The number of nitrogens with zero attached hydrogens (tertiary/aromatic N) is 1. The first-order valence-electron chi connectivity index (χ1n) is 10.1. The van der Waals surface area contributed by atoms with Crippen molar-refractivity contribution >= 4 is 21.8 Å². The van der Waals surface area contributed by atoms with E-state index in [-0.39, 0.29) is 0 Å². The third-order valence-corrected chi connectivity index (χ3v) is 8.62. The van der Waals surface area contributed by atoms with Gasteiger partial charge in [-0.05, 0) is 68.6 Å². The second kappa shape index (κ2) is 5.70. The van der Waals surface area contributed by atoms with E-state index in [1.54, 1.807) is 0 Å². The summed E-state index contributed by atoms with van der Waals surface area (Å²) in [5, 5.41) is 0. The zero-order valence-electron chi connectivity index (χ0n) is 14.6. The Bertz CT molecular complexity index is 520. The van der Waals surface area contributed by atoms with E-state index in [0.29, 0.717) is 27.8 Å². The highest BCUT2D eigenvalue weighted by atomic mass is 79.9. The van der Waals surface area contributed by atoms with Crippen molar-refractivity contribution in [3.8, 4) is 0 Å². The highest BCUT2D eigenvalue weighted by molar-refractivity contribution is 9.10. The van der Waals surface area contributed by atoms with Crippen molar-refractivity contribution < 1.29 is 9.53 Å². The Morgan fingerprint density at radius 3 is 2.62 bits per heavy atom. The van der Waals surface area contributed by atoms with Crippen LogP contribution in [0.15, 0.2) is 0 Å². The molecule has 3 nitrogen and oxygen atoms in total. The van der Waals surface area contributed by atoms with E-state index >= 15 is 0 Å². The number of carbonyl (C=O) groups is 1. The van der Waals surface area contributed by atoms with E-state index in [1.165, 1.54) is 51.4 Å². The third-order valence-electron chi connectivity index (χ3n) is 7.69. The maximum Gasteiger partial charge on any atom is 0.223 e. The largest absolute Gasteiger partial charge is 0.374 e. The lowest BCUT2D eigenvalue weighted by Gasteiger charge is -2.60. The van der Waals surface area contributed by atoms with E-state index < -0.39 is 0 Å². The Labute approximate surface area is 154 Å². The minimum absolute atomic E-state index is 0.299. The summed E-state index contributed by atoms with van der Waals surface area (Å²) in [5.41, 5.74) is 0.299. The van der Waals surface area contributed by atoms with Gasteiger partial charge in [-0.2, -0.15) is 0 Å². The van der Waals surface area contributed by atoms with Gasteiger partial charge in [0, 0.05) is 17.3 Å². The van der Waals surface area contributed by atoms with Crippen LogP contribution < -0.4 is 0 Å². The van der Waals surface area contributed by atoms with E-state index in [0.717, 1.165) is 44.2 Å². The molecule has 0 radical (unpaired) electrons. The number of carbonyl (C=O) groups excluding carboxylic acids is 1. The molecule has 4 heteroatoms. The van der Waals surface area contributed by atoms with Crippen molar-refractivity contribution in [3.05, 3.63) is 0 Å². The second-order valence-corrected chi connectivity index (χ2v) is 11.3. The van der Waals surface area contributed by atoms with Gasteiger partial charge in [0.05, 0.1) is 18.8 Å². The van der Waals surface area contributed by atoms with Crippen molar-refractivity contribution in [2.45, 2.75) is 87.1 Å². The summed E-state index contributed by atoms with van der Waals surface area (Å²) in [5.74, 6) is 2.17. The predicted octanol–water partition coefficient (Wildman–Crippen LogP) is 4.28. The van der Waals surface area contributed by atoms with Gasteiger partial charge in [-0.25, -0.2) is 0 Å². The van der Waals surface area contributed by atoms with Gasteiger partial charge in [0.1, 0.15) is 0 Å². The van der Waals surface area contributed by atoms with E-state index in [2.05, 4.69) is 20.8 Å². The zero-order valence-corrected chi connectivity index (χ0v) is 16.2. The summed E-state index contributed by atoms with van der Waals surface area (Å²) < 4.78 is 6.33. The van der Waals surface area contributed by atoms with Crippen molar-refractivity contribution in [2.75, 3.05) is 13.2 Å². The normalized spacial score (nSPS) is 50.0. The van der Waals surface area contributed by atoms with Crippen LogP contribution >= 0.6 is 15.9 Å². The number of alkyl halides is 1. The van der Waals surface area contributed by atoms with Crippen LogP contribution in [0.3, 0.4) is 0 Å². The first-order valence-corrected chi connectivity index (χ1v) is 10.9. The van der Waals surface area contributed by atoms with Crippen molar-refractivity contribution in [1.29, 1.82) is 0 Å². The molecule has 4 bridgehead atoms. The molecule has 1 aliphatic heterocycles. The van der Waals surface area contributed by atoms with Crippen LogP contribution in [0.4, 0.5) is 0 Å². The molecule has 0 aromatic rings. The van der Waals surface area contributed by atoms with Crippen LogP contribution in [-0.4, -0.2) is 40.4 Å². The van der Waals surface area contributed by atoms with Gasteiger partial charge >= 0.3 is 0 Å². The minimum atomic E-state index is 0.299. The summed E-state index contributed by atoms with van der Waals surface area (Å²) in [4.78, 5) is 15.5.